The molecule has 0 bridgehead atoms. The third kappa shape index (κ3) is 2.94. The first-order chi connectivity index (χ1) is 7.29. The van der Waals surface area contributed by atoms with E-state index in [9.17, 15) is 0 Å². The number of aromatic nitrogens is 1. The molecular weight excluding hydrogens is 272 g/mol. The second-order valence-corrected chi connectivity index (χ2v) is 6.51. The van der Waals surface area contributed by atoms with Crippen LogP contribution in [0, 0.1) is 5.92 Å². The van der Waals surface area contributed by atoms with E-state index in [0.29, 0.717) is 0 Å². The molecule has 2 rings (SSSR count). The number of rotatable bonds is 3. The van der Waals surface area contributed by atoms with Crippen molar-refractivity contribution >= 4 is 32.4 Å². The fourth-order valence-corrected chi connectivity index (χ4v) is 3.62. The Morgan fingerprint density at radius 1 is 1.40 bits per heavy atom. The Bertz CT molecular complexity index is 318. The monoisotopic (exact) mass is 288 g/mol. The Kier molecular flexibility index (Phi) is 4.03. The quantitative estimate of drug-likeness (QED) is 0.907. The van der Waals surface area contributed by atoms with Gasteiger partial charge < -0.3 is 5.32 Å². The number of halogens is 1. The van der Waals surface area contributed by atoms with Crippen LogP contribution in [0.4, 0.5) is 5.13 Å². The predicted octanol–water partition coefficient (Wildman–Crippen LogP) is 4.07. The lowest BCUT2D eigenvalue weighted by Gasteiger charge is -2.20. The Hall–Kier alpha value is -0.0900. The van der Waals surface area contributed by atoms with Gasteiger partial charge >= 0.3 is 0 Å². The van der Waals surface area contributed by atoms with E-state index in [1.165, 1.54) is 41.6 Å². The zero-order chi connectivity index (χ0) is 10.7. The van der Waals surface area contributed by atoms with Crippen molar-refractivity contribution in [3.63, 3.8) is 0 Å². The van der Waals surface area contributed by atoms with Crippen molar-refractivity contribution in [2.24, 2.45) is 5.92 Å². The molecule has 0 radical (unpaired) electrons. The van der Waals surface area contributed by atoms with Gasteiger partial charge in [-0.1, -0.05) is 43.4 Å². The lowest BCUT2D eigenvalue weighted by atomic mass is 9.86. The first kappa shape index (κ1) is 11.4. The number of nitrogens with one attached hydrogen (secondary N) is 1. The fourth-order valence-electron chi connectivity index (χ4n) is 2.23. The van der Waals surface area contributed by atoms with Crippen molar-refractivity contribution < 1.29 is 0 Å². The van der Waals surface area contributed by atoms with Crippen LogP contribution in [0.3, 0.4) is 0 Å². The molecule has 1 aromatic rings. The van der Waals surface area contributed by atoms with Crippen LogP contribution < -0.4 is 5.32 Å². The molecule has 0 aliphatic heterocycles. The largest absolute Gasteiger partial charge is 0.365 e. The number of thiazole rings is 1. The minimum absolute atomic E-state index is 0.863. The molecule has 1 aromatic heterocycles. The topological polar surface area (TPSA) is 24.9 Å². The number of nitrogens with zero attached hydrogens (tertiary/aromatic N) is 1. The highest BCUT2D eigenvalue weighted by molar-refractivity contribution is 9.11. The first-order valence-electron chi connectivity index (χ1n) is 5.62. The first-order valence-corrected chi connectivity index (χ1v) is 7.23. The maximum atomic E-state index is 4.58. The minimum atomic E-state index is 0.863. The Morgan fingerprint density at radius 3 is 2.73 bits per heavy atom. The van der Waals surface area contributed by atoms with Gasteiger partial charge in [-0.05, 0) is 28.3 Å². The van der Waals surface area contributed by atoms with Crippen LogP contribution in [-0.4, -0.2) is 12.0 Å². The van der Waals surface area contributed by atoms with E-state index in [-0.39, 0.29) is 0 Å². The molecule has 0 spiro atoms. The standard InChI is InChI=1S/C11H17BrN2S/c1-13-11-14-9(10(12)15-11)7-8-5-3-2-4-6-8/h8H,2-7H2,1H3,(H,13,14). The molecule has 2 nitrogen and oxygen atoms in total. The summed E-state index contributed by atoms with van der Waals surface area (Å²) in [6.45, 7) is 0. The van der Waals surface area contributed by atoms with Crippen LogP contribution in [0.2, 0.25) is 0 Å². The van der Waals surface area contributed by atoms with Gasteiger partial charge in [-0.15, -0.1) is 0 Å². The van der Waals surface area contributed by atoms with Crippen LogP contribution in [0.25, 0.3) is 0 Å². The van der Waals surface area contributed by atoms with Crippen LogP contribution >= 0.6 is 27.3 Å². The van der Waals surface area contributed by atoms with E-state index in [1.54, 1.807) is 11.3 Å². The van der Waals surface area contributed by atoms with Gasteiger partial charge in [0.1, 0.15) is 0 Å². The van der Waals surface area contributed by atoms with Crippen molar-refractivity contribution in [1.29, 1.82) is 0 Å². The summed E-state index contributed by atoms with van der Waals surface area (Å²) in [5.74, 6) is 0.863. The second-order valence-electron chi connectivity index (χ2n) is 4.20. The van der Waals surface area contributed by atoms with Crippen LogP contribution in [-0.2, 0) is 6.42 Å². The lowest BCUT2D eigenvalue weighted by molar-refractivity contribution is 0.354. The van der Waals surface area contributed by atoms with Gasteiger partial charge in [0.25, 0.3) is 0 Å². The van der Waals surface area contributed by atoms with Crippen molar-refractivity contribution in [3.05, 3.63) is 9.48 Å². The Labute approximate surface area is 104 Å². The molecule has 1 aliphatic rings. The maximum absolute atomic E-state index is 4.58. The van der Waals surface area contributed by atoms with Gasteiger partial charge in [-0.25, -0.2) is 4.98 Å². The highest BCUT2D eigenvalue weighted by Gasteiger charge is 2.17. The predicted molar refractivity (Wildman–Crippen MR) is 69.6 cm³/mol. The summed E-state index contributed by atoms with van der Waals surface area (Å²) in [6.07, 6.45) is 8.17. The third-order valence-corrected chi connectivity index (χ3v) is 4.92. The molecule has 0 unspecified atom stereocenters. The van der Waals surface area contributed by atoms with E-state index in [4.69, 9.17) is 0 Å². The zero-order valence-electron chi connectivity index (χ0n) is 9.05. The summed E-state index contributed by atoms with van der Waals surface area (Å²) in [6, 6.07) is 0. The van der Waals surface area contributed by atoms with Crippen molar-refractivity contribution in [3.8, 4) is 0 Å². The minimum Gasteiger partial charge on any atom is -0.365 e. The Balaban J connectivity index is 1.99. The summed E-state index contributed by atoms with van der Waals surface area (Å²) < 4.78 is 1.21. The zero-order valence-corrected chi connectivity index (χ0v) is 11.5. The molecule has 1 saturated carbocycles. The average molecular weight is 289 g/mol. The third-order valence-electron chi connectivity index (χ3n) is 3.07. The molecule has 15 heavy (non-hydrogen) atoms. The van der Waals surface area contributed by atoms with Gasteiger partial charge in [0.15, 0.2) is 5.13 Å². The summed E-state index contributed by atoms with van der Waals surface area (Å²) >= 11 is 5.30. The normalized spacial score (nSPS) is 18.0. The van der Waals surface area contributed by atoms with Gasteiger partial charge in [0, 0.05) is 7.05 Å². The van der Waals surface area contributed by atoms with Crippen LogP contribution in [0.5, 0.6) is 0 Å². The summed E-state index contributed by atoms with van der Waals surface area (Å²) in [4.78, 5) is 4.58. The van der Waals surface area contributed by atoms with Crippen molar-refractivity contribution in [1.82, 2.24) is 4.98 Å². The highest BCUT2D eigenvalue weighted by Crippen LogP contribution is 2.33. The molecule has 84 valence electrons. The molecule has 1 fully saturated rings. The van der Waals surface area contributed by atoms with Gasteiger partial charge in [0.05, 0.1) is 9.48 Å². The average Bonchev–Trinajstić information content (AvgIpc) is 2.61. The number of hydrogen-bond donors (Lipinski definition) is 1. The van der Waals surface area contributed by atoms with E-state index in [1.807, 2.05) is 7.05 Å². The maximum Gasteiger partial charge on any atom is 0.183 e. The van der Waals surface area contributed by atoms with Crippen LogP contribution in [0.1, 0.15) is 37.8 Å². The molecule has 4 heteroatoms. The smallest absolute Gasteiger partial charge is 0.183 e. The van der Waals surface area contributed by atoms with Gasteiger partial charge in [0.2, 0.25) is 0 Å². The Morgan fingerprint density at radius 2 is 2.13 bits per heavy atom. The van der Waals surface area contributed by atoms with Crippen molar-refractivity contribution in [2.75, 3.05) is 12.4 Å². The molecule has 0 amide bonds. The molecular formula is C11H17BrN2S. The molecule has 0 saturated heterocycles. The van der Waals surface area contributed by atoms with Crippen molar-refractivity contribution in [2.45, 2.75) is 38.5 Å². The van der Waals surface area contributed by atoms with Gasteiger partial charge in [-0.3, -0.25) is 0 Å². The molecule has 0 atom stereocenters. The van der Waals surface area contributed by atoms with E-state index < -0.39 is 0 Å². The number of anilines is 1. The lowest BCUT2D eigenvalue weighted by Crippen LogP contribution is -2.09. The SMILES string of the molecule is CNc1nc(CC2CCCCC2)c(Br)s1. The fraction of sp³-hybridized carbons (Fsp3) is 0.727. The van der Waals surface area contributed by atoms with Crippen LogP contribution in [0.15, 0.2) is 3.79 Å². The summed E-state index contributed by atoms with van der Waals surface area (Å²) in [7, 11) is 1.93. The summed E-state index contributed by atoms with van der Waals surface area (Å²) in [5, 5.41) is 4.12. The molecule has 0 aromatic carbocycles. The highest BCUT2D eigenvalue weighted by atomic mass is 79.9. The molecule has 1 N–H and O–H groups in total. The van der Waals surface area contributed by atoms with E-state index >= 15 is 0 Å². The van der Waals surface area contributed by atoms with E-state index in [2.05, 4.69) is 26.2 Å². The van der Waals surface area contributed by atoms with Gasteiger partial charge in [-0.2, -0.15) is 0 Å². The second kappa shape index (κ2) is 5.30. The van der Waals surface area contributed by atoms with E-state index in [0.717, 1.165) is 17.5 Å². The molecule has 1 heterocycles. The summed E-state index contributed by atoms with van der Waals surface area (Å²) in [5.41, 5.74) is 1.25. The molecule has 1 aliphatic carbocycles. The number of hydrogen-bond acceptors (Lipinski definition) is 3.